The number of nitrogens with zero attached hydrogens (tertiary/aromatic N) is 3. The van der Waals surface area contributed by atoms with Crippen molar-refractivity contribution in [1.29, 1.82) is 0 Å². The maximum absolute atomic E-state index is 11.9. The molecule has 1 N–H and O–H groups in total. The van der Waals surface area contributed by atoms with Crippen molar-refractivity contribution in [1.82, 2.24) is 14.9 Å². The van der Waals surface area contributed by atoms with Crippen molar-refractivity contribution in [2.45, 2.75) is 25.0 Å². The van der Waals surface area contributed by atoms with E-state index in [1.807, 2.05) is 0 Å². The summed E-state index contributed by atoms with van der Waals surface area (Å²) in [6.45, 7) is 2.60. The topological polar surface area (TPSA) is 76.6 Å². The summed E-state index contributed by atoms with van der Waals surface area (Å²) in [5.74, 6) is 0.593. The minimum Gasteiger partial charge on any atom is -0.446 e. The van der Waals surface area contributed by atoms with Gasteiger partial charge < -0.3 is 19.7 Å². The van der Waals surface area contributed by atoms with Gasteiger partial charge in [0.25, 0.3) is 0 Å². The van der Waals surface area contributed by atoms with Crippen molar-refractivity contribution in [3.8, 4) is 0 Å². The number of nitrogens with one attached hydrogen (secondary N) is 1. The molecule has 2 aliphatic rings. The molecule has 1 amide bonds. The highest BCUT2D eigenvalue weighted by Crippen LogP contribution is 2.17. The summed E-state index contributed by atoms with van der Waals surface area (Å²) < 4.78 is 10.7. The van der Waals surface area contributed by atoms with E-state index >= 15 is 0 Å². The SMILES string of the molecule is O=C(OC1CCOCC1)N1CC(Nc2ncccn2)C1. The first-order valence-electron chi connectivity index (χ1n) is 6.88. The van der Waals surface area contributed by atoms with Crippen LogP contribution in [0.15, 0.2) is 18.5 Å². The van der Waals surface area contributed by atoms with Crippen LogP contribution in [0.25, 0.3) is 0 Å². The summed E-state index contributed by atoms with van der Waals surface area (Å²) in [5, 5.41) is 3.18. The van der Waals surface area contributed by atoms with Crippen LogP contribution in [0, 0.1) is 0 Å². The van der Waals surface area contributed by atoms with Crippen LogP contribution in [0.3, 0.4) is 0 Å². The van der Waals surface area contributed by atoms with Crippen molar-refractivity contribution in [2.24, 2.45) is 0 Å². The van der Waals surface area contributed by atoms with Gasteiger partial charge in [-0.1, -0.05) is 0 Å². The average molecular weight is 278 g/mol. The molecule has 1 aromatic rings. The van der Waals surface area contributed by atoms with Crippen molar-refractivity contribution in [3.05, 3.63) is 18.5 Å². The smallest absolute Gasteiger partial charge is 0.410 e. The van der Waals surface area contributed by atoms with Gasteiger partial charge in [0.15, 0.2) is 0 Å². The van der Waals surface area contributed by atoms with Crippen LogP contribution in [-0.4, -0.2) is 59.4 Å². The zero-order valence-corrected chi connectivity index (χ0v) is 11.2. The normalized spacial score (nSPS) is 20.3. The molecule has 7 nitrogen and oxygen atoms in total. The van der Waals surface area contributed by atoms with Crippen LogP contribution >= 0.6 is 0 Å². The highest BCUT2D eigenvalue weighted by atomic mass is 16.6. The van der Waals surface area contributed by atoms with Gasteiger partial charge in [-0.3, -0.25) is 0 Å². The van der Waals surface area contributed by atoms with Crippen LogP contribution in [0.5, 0.6) is 0 Å². The molecule has 3 heterocycles. The molecular formula is C13H18N4O3. The molecule has 0 radical (unpaired) electrons. The molecule has 0 spiro atoms. The second kappa shape index (κ2) is 6.04. The molecule has 108 valence electrons. The Balaban J connectivity index is 1.40. The average Bonchev–Trinajstić information content (AvgIpc) is 2.44. The van der Waals surface area contributed by atoms with E-state index < -0.39 is 0 Å². The molecule has 0 atom stereocenters. The Bertz CT molecular complexity index is 444. The van der Waals surface area contributed by atoms with E-state index in [1.54, 1.807) is 23.4 Å². The molecule has 7 heteroatoms. The highest BCUT2D eigenvalue weighted by molar-refractivity contribution is 5.69. The number of aromatic nitrogens is 2. The lowest BCUT2D eigenvalue weighted by Crippen LogP contribution is -2.57. The lowest BCUT2D eigenvalue weighted by molar-refractivity contribution is -0.0170. The molecule has 2 aliphatic heterocycles. The van der Waals surface area contributed by atoms with E-state index in [1.165, 1.54) is 0 Å². The van der Waals surface area contributed by atoms with Crippen molar-refractivity contribution >= 4 is 12.0 Å². The minimum absolute atomic E-state index is 0.000663. The van der Waals surface area contributed by atoms with Crippen LogP contribution in [-0.2, 0) is 9.47 Å². The summed E-state index contributed by atoms with van der Waals surface area (Å²) >= 11 is 0. The lowest BCUT2D eigenvalue weighted by Gasteiger charge is -2.39. The summed E-state index contributed by atoms with van der Waals surface area (Å²) in [4.78, 5) is 21.8. The van der Waals surface area contributed by atoms with Gasteiger partial charge in [-0.25, -0.2) is 14.8 Å². The number of rotatable bonds is 3. The Kier molecular flexibility index (Phi) is 3.96. The van der Waals surface area contributed by atoms with Crippen LogP contribution in [0.4, 0.5) is 10.7 Å². The summed E-state index contributed by atoms with van der Waals surface area (Å²) in [6.07, 6.45) is 4.72. The van der Waals surface area contributed by atoms with Crippen LogP contribution in [0.2, 0.25) is 0 Å². The predicted octanol–water partition coefficient (Wildman–Crippen LogP) is 0.888. The number of anilines is 1. The van der Waals surface area contributed by atoms with E-state index in [0.717, 1.165) is 12.8 Å². The number of amides is 1. The van der Waals surface area contributed by atoms with E-state index in [9.17, 15) is 4.79 Å². The fourth-order valence-electron chi connectivity index (χ4n) is 2.29. The van der Waals surface area contributed by atoms with Gasteiger partial charge in [0, 0.05) is 38.3 Å². The number of carbonyl (C=O) groups excluding carboxylic acids is 1. The third-order valence-electron chi connectivity index (χ3n) is 3.47. The molecule has 0 aromatic carbocycles. The number of carbonyl (C=O) groups is 1. The standard InChI is InChI=1S/C13H18N4O3/c18-13(20-11-2-6-19-7-3-11)17-8-10(9-17)16-12-14-4-1-5-15-12/h1,4-5,10-11H,2-3,6-9H2,(H,14,15,16). The molecule has 3 rings (SSSR count). The Morgan fingerprint density at radius 3 is 2.70 bits per heavy atom. The molecule has 0 saturated carbocycles. The lowest BCUT2D eigenvalue weighted by atomic mass is 10.1. The first-order chi connectivity index (χ1) is 9.81. The Labute approximate surface area is 117 Å². The van der Waals surface area contributed by atoms with Gasteiger partial charge in [0.05, 0.1) is 19.3 Å². The fraction of sp³-hybridized carbons (Fsp3) is 0.615. The third kappa shape index (κ3) is 3.16. The maximum atomic E-state index is 11.9. The largest absolute Gasteiger partial charge is 0.446 e. The second-order valence-corrected chi connectivity index (χ2v) is 5.01. The van der Waals surface area contributed by atoms with Crippen molar-refractivity contribution < 1.29 is 14.3 Å². The van der Waals surface area contributed by atoms with Gasteiger partial charge in [-0.15, -0.1) is 0 Å². The summed E-state index contributed by atoms with van der Waals surface area (Å²) in [5.41, 5.74) is 0. The number of ether oxygens (including phenoxy) is 2. The molecule has 0 bridgehead atoms. The van der Waals surface area contributed by atoms with Crippen molar-refractivity contribution in [2.75, 3.05) is 31.6 Å². The van der Waals surface area contributed by atoms with Crippen LogP contribution in [0.1, 0.15) is 12.8 Å². The van der Waals surface area contributed by atoms with Gasteiger partial charge in [-0.05, 0) is 6.07 Å². The number of hydrogen-bond donors (Lipinski definition) is 1. The Morgan fingerprint density at radius 1 is 1.30 bits per heavy atom. The predicted molar refractivity (Wildman–Crippen MR) is 71.3 cm³/mol. The van der Waals surface area contributed by atoms with Crippen molar-refractivity contribution in [3.63, 3.8) is 0 Å². The Morgan fingerprint density at radius 2 is 2.00 bits per heavy atom. The molecule has 1 aromatic heterocycles. The first kappa shape index (κ1) is 13.1. The first-order valence-corrected chi connectivity index (χ1v) is 6.88. The fourth-order valence-corrected chi connectivity index (χ4v) is 2.29. The molecule has 0 aliphatic carbocycles. The third-order valence-corrected chi connectivity index (χ3v) is 3.47. The van der Waals surface area contributed by atoms with E-state index in [4.69, 9.17) is 9.47 Å². The molecule has 2 fully saturated rings. The minimum atomic E-state index is -0.232. The Hall–Kier alpha value is -1.89. The van der Waals surface area contributed by atoms with E-state index in [0.29, 0.717) is 32.3 Å². The molecule has 0 unspecified atom stereocenters. The monoisotopic (exact) mass is 278 g/mol. The van der Waals surface area contributed by atoms with Crippen LogP contribution < -0.4 is 5.32 Å². The number of likely N-dealkylation sites (tertiary alicyclic amines) is 1. The zero-order chi connectivity index (χ0) is 13.8. The molecular weight excluding hydrogens is 260 g/mol. The quantitative estimate of drug-likeness (QED) is 0.885. The van der Waals surface area contributed by atoms with E-state index in [2.05, 4.69) is 15.3 Å². The molecule has 2 saturated heterocycles. The highest BCUT2D eigenvalue weighted by Gasteiger charge is 2.33. The van der Waals surface area contributed by atoms with Gasteiger partial charge in [0.2, 0.25) is 5.95 Å². The van der Waals surface area contributed by atoms with Gasteiger partial charge in [0.1, 0.15) is 6.10 Å². The maximum Gasteiger partial charge on any atom is 0.410 e. The van der Waals surface area contributed by atoms with Gasteiger partial charge >= 0.3 is 6.09 Å². The van der Waals surface area contributed by atoms with Gasteiger partial charge in [-0.2, -0.15) is 0 Å². The second-order valence-electron chi connectivity index (χ2n) is 5.01. The summed E-state index contributed by atoms with van der Waals surface area (Å²) in [6, 6.07) is 1.96. The van der Waals surface area contributed by atoms with E-state index in [-0.39, 0.29) is 18.2 Å². The zero-order valence-electron chi connectivity index (χ0n) is 11.2. The molecule has 20 heavy (non-hydrogen) atoms. The summed E-state index contributed by atoms with van der Waals surface area (Å²) in [7, 11) is 0. The number of hydrogen-bond acceptors (Lipinski definition) is 6.